The first-order chi connectivity index (χ1) is 16.1. The molecule has 7 heteroatoms. The number of carbonyl (C=O) groups excluding carboxylic acids is 2. The van der Waals surface area contributed by atoms with E-state index >= 15 is 0 Å². The van der Waals surface area contributed by atoms with Crippen LogP contribution in [0.25, 0.3) is 5.70 Å². The molecule has 0 spiro atoms. The minimum atomic E-state index is -0.561. The smallest absolute Gasteiger partial charge is 0.313 e. The van der Waals surface area contributed by atoms with Crippen LogP contribution in [-0.2, 0) is 21.0 Å². The van der Waals surface area contributed by atoms with E-state index in [1.165, 1.54) is 7.11 Å². The van der Waals surface area contributed by atoms with Crippen LogP contribution in [0, 0.1) is 0 Å². The van der Waals surface area contributed by atoms with Gasteiger partial charge in [0, 0.05) is 11.1 Å². The number of esters is 1. The summed E-state index contributed by atoms with van der Waals surface area (Å²) in [6.07, 6.45) is 1.31. The van der Waals surface area contributed by atoms with E-state index in [1.54, 1.807) is 37.6 Å². The summed E-state index contributed by atoms with van der Waals surface area (Å²) < 4.78 is 16.0. The lowest BCUT2D eigenvalue weighted by Gasteiger charge is -2.10. The van der Waals surface area contributed by atoms with Crippen molar-refractivity contribution in [3.05, 3.63) is 102 Å². The summed E-state index contributed by atoms with van der Waals surface area (Å²) in [6.45, 7) is 0.353. The number of hydroxylamine groups is 1. The molecule has 0 fully saturated rings. The van der Waals surface area contributed by atoms with E-state index < -0.39 is 5.97 Å². The molecule has 3 rings (SSSR count). The van der Waals surface area contributed by atoms with E-state index in [0.29, 0.717) is 29.4 Å². The Balaban J connectivity index is 1.54. The number of Topliss-reactive ketones (excluding diaryl/α,β-unsaturated/α-hetero) is 1. The van der Waals surface area contributed by atoms with Crippen molar-refractivity contribution < 1.29 is 28.6 Å². The molecule has 0 bridgehead atoms. The van der Waals surface area contributed by atoms with E-state index in [0.717, 1.165) is 11.1 Å². The first kappa shape index (κ1) is 23.6. The summed E-state index contributed by atoms with van der Waals surface area (Å²) in [5, 5.41) is 0. The highest BCUT2D eigenvalue weighted by Crippen LogP contribution is 2.19. The van der Waals surface area contributed by atoms with Crippen LogP contribution in [0.2, 0.25) is 0 Å². The maximum Gasteiger partial charge on any atom is 0.313 e. The third kappa shape index (κ3) is 7.22. The Hall–Kier alpha value is -4.10. The Morgan fingerprint density at radius 2 is 1.48 bits per heavy atom. The summed E-state index contributed by atoms with van der Waals surface area (Å²) in [5.74, 6) is 0.424. The Labute approximate surface area is 192 Å². The number of ketones is 1. The Morgan fingerprint density at radius 3 is 2.12 bits per heavy atom. The topological polar surface area (TPSA) is 83.1 Å². The predicted molar refractivity (Wildman–Crippen MR) is 123 cm³/mol. The molecule has 0 aliphatic rings. The van der Waals surface area contributed by atoms with E-state index in [9.17, 15) is 9.59 Å². The van der Waals surface area contributed by atoms with Gasteiger partial charge in [-0.2, -0.15) is 0 Å². The van der Waals surface area contributed by atoms with Crippen molar-refractivity contribution in [1.29, 1.82) is 0 Å². The summed E-state index contributed by atoms with van der Waals surface area (Å²) in [4.78, 5) is 28.2. The molecule has 0 aliphatic heterocycles. The van der Waals surface area contributed by atoms with E-state index in [1.807, 2.05) is 54.6 Å². The molecule has 0 aromatic heterocycles. The molecule has 0 aliphatic carbocycles. The predicted octanol–water partition coefficient (Wildman–Crippen LogP) is 4.54. The van der Waals surface area contributed by atoms with Crippen molar-refractivity contribution in [3.63, 3.8) is 0 Å². The van der Waals surface area contributed by atoms with E-state index in [2.05, 4.69) is 10.2 Å². The number of benzene rings is 3. The van der Waals surface area contributed by atoms with E-state index in [-0.39, 0.29) is 12.2 Å². The molecule has 3 aromatic carbocycles. The summed E-state index contributed by atoms with van der Waals surface area (Å²) >= 11 is 0. The Bertz CT molecular complexity index is 1080. The average molecular weight is 447 g/mol. The van der Waals surface area contributed by atoms with Crippen molar-refractivity contribution >= 4 is 17.4 Å². The standard InChI is InChI=1S/C26H25NO6/c1-30-26(29)16-25(28)21-10-14-23(15-11-21)32-17-19-8-12-22(13-9-19)33-18-24(27-31-2)20-6-4-3-5-7-20/h3-15,18,27H,16-17H2,1-2H3. The number of hydrogen-bond donors (Lipinski definition) is 1. The molecule has 0 amide bonds. The Kier molecular flexibility index (Phi) is 8.62. The monoisotopic (exact) mass is 447 g/mol. The second-order valence-corrected chi connectivity index (χ2v) is 6.95. The van der Waals surface area contributed by atoms with Crippen molar-refractivity contribution in [2.24, 2.45) is 0 Å². The molecule has 0 atom stereocenters. The quantitative estimate of drug-likeness (QED) is 0.152. The van der Waals surface area contributed by atoms with Crippen LogP contribution in [0.5, 0.6) is 11.5 Å². The Morgan fingerprint density at radius 1 is 0.818 bits per heavy atom. The fourth-order valence-electron chi connectivity index (χ4n) is 2.88. The molecule has 0 unspecified atom stereocenters. The van der Waals surface area contributed by atoms with Crippen molar-refractivity contribution in [2.75, 3.05) is 14.2 Å². The lowest BCUT2D eigenvalue weighted by Crippen LogP contribution is -2.11. The number of ether oxygens (including phenoxy) is 3. The number of rotatable bonds is 11. The highest BCUT2D eigenvalue weighted by Gasteiger charge is 2.12. The van der Waals surface area contributed by atoms with Crippen molar-refractivity contribution in [3.8, 4) is 11.5 Å². The SMILES string of the molecule is CONC(=COc1ccc(COc2ccc(C(=O)CC(=O)OC)cc2)cc1)c1ccccc1. The molecule has 0 heterocycles. The van der Waals surface area contributed by atoms with Gasteiger partial charge in [0.2, 0.25) is 0 Å². The van der Waals surface area contributed by atoms with Gasteiger partial charge < -0.3 is 14.2 Å². The van der Waals surface area contributed by atoms with Gasteiger partial charge in [-0.3, -0.25) is 19.9 Å². The molecule has 170 valence electrons. The number of nitrogens with one attached hydrogen (secondary N) is 1. The largest absolute Gasteiger partial charge is 0.489 e. The molecule has 7 nitrogen and oxygen atoms in total. The van der Waals surface area contributed by atoms with Gasteiger partial charge in [-0.15, -0.1) is 0 Å². The van der Waals surface area contributed by atoms with Crippen LogP contribution >= 0.6 is 0 Å². The second-order valence-electron chi connectivity index (χ2n) is 6.95. The van der Waals surface area contributed by atoms with Crippen molar-refractivity contribution in [2.45, 2.75) is 13.0 Å². The van der Waals surface area contributed by atoms with Gasteiger partial charge in [0.25, 0.3) is 0 Å². The zero-order valence-electron chi connectivity index (χ0n) is 18.4. The van der Waals surface area contributed by atoms with Crippen LogP contribution < -0.4 is 15.0 Å². The summed E-state index contributed by atoms with van der Waals surface area (Å²) in [6, 6.07) is 23.9. The molecule has 0 saturated heterocycles. The van der Waals surface area contributed by atoms with Gasteiger partial charge in [0.05, 0.1) is 14.2 Å². The molecular formula is C26H25NO6. The molecule has 0 saturated carbocycles. The normalized spacial score (nSPS) is 10.9. The summed E-state index contributed by atoms with van der Waals surface area (Å²) in [7, 11) is 2.79. The van der Waals surface area contributed by atoms with Gasteiger partial charge in [-0.05, 0) is 42.0 Å². The molecule has 1 N–H and O–H groups in total. The maximum absolute atomic E-state index is 12.0. The fraction of sp³-hybridized carbons (Fsp3) is 0.154. The maximum atomic E-state index is 12.0. The van der Waals surface area contributed by atoms with Crippen LogP contribution in [0.15, 0.2) is 85.1 Å². The zero-order chi connectivity index (χ0) is 23.5. The first-order valence-corrected chi connectivity index (χ1v) is 10.2. The lowest BCUT2D eigenvalue weighted by atomic mass is 10.1. The molecule has 0 radical (unpaired) electrons. The number of carbonyl (C=O) groups is 2. The molecule has 3 aromatic rings. The molecular weight excluding hydrogens is 422 g/mol. The highest BCUT2D eigenvalue weighted by molar-refractivity contribution is 6.05. The van der Waals surface area contributed by atoms with Gasteiger partial charge in [0.1, 0.15) is 36.5 Å². The minimum Gasteiger partial charge on any atom is -0.489 e. The average Bonchev–Trinajstić information content (AvgIpc) is 2.86. The third-order valence-corrected chi connectivity index (χ3v) is 4.65. The first-order valence-electron chi connectivity index (χ1n) is 10.2. The van der Waals surface area contributed by atoms with Crippen LogP contribution in [0.1, 0.15) is 27.9 Å². The van der Waals surface area contributed by atoms with Crippen molar-refractivity contribution in [1.82, 2.24) is 5.48 Å². The third-order valence-electron chi connectivity index (χ3n) is 4.65. The van der Waals surface area contributed by atoms with Crippen LogP contribution in [0.4, 0.5) is 0 Å². The van der Waals surface area contributed by atoms with Crippen LogP contribution in [-0.4, -0.2) is 26.0 Å². The second kappa shape index (κ2) is 12.1. The van der Waals surface area contributed by atoms with E-state index in [4.69, 9.17) is 14.3 Å². The number of methoxy groups -OCH3 is 1. The van der Waals surface area contributed by atoms with Gasteiger partial charge >= 0.3 is 5.97 Å². The van der Waals surface area contributed by atoms with Crippen LogP contribution in [0.3, 0.4) is 0 Å². The van der Waals surface area contributed by atoms with Gasteiger partial charge in [-0.1, -0.05) is 42.5 Å². The number of hydrogen-bond acceptors (Lipinski definition) is 7. The zero-order valence-corrected chi connectivity index (χ0v) is 18.4. The fourth-order valence-corrected chi connectivity index (χ4v) is 2.88. The minimum absolute atomic E-state index is 0.283. The lowest BCUT2D eigenvalue weighted by molar-refractivity contribution is -0.139. The molecule has 33 heavy (non-hydrogen) atoms. The van der Waals surface area contributed by atoms with Gasteiger partial charge in [-0.25, -0.2) is 0 Å². The highest BCUT2D eigenvalue weighted by atomic mass is 16.6. The summed E-state index contributed by atoms with van der Waals surface area (Å²) in [5.41, 5.74) is 5.83. The van der Waals surface area contributed by atoms with Gasteiger partial charge in [0.15, 0.2) is 5.78 Å².